The molecule has 35 heavy (non-hydrogen) atoms. The normalized spacial score (nSPS) is 13.0. The van der Waals surface area contributed by atoms with Gasteiger partial charge < -0.3 is 15.5 Å². The molecule has 2 heterocycles. The fourth-order valence-corrected chi connectivity index (χ4v) is 3.89. The molecule has 176 valence electrons. The van der Waals surface area contributed by atoms with Gasteiger partial charge in [0.1, 0.15) is 11.6 Å². The highest BCUT2D eigenvalue weighted by molar-refractivity contribution is 5.61. The van der Waals surface area contributed by atoms with Crippen molar-refractivity contribution in [2.45, 2.75) is 25.3 Å². The number of anilines is 3. The summed E-state index contributed by atoms with van der Waals surface area (Å²) in [7, 11) is 1.96. The van der Waals surface area contributed by atoms with Gasteiger partial charge in [0.2, 0.25) is 5.95 Å². The first-order chi connectivity index (χ1) is 17.2. The number of aromatic nitrogens is 4. The summed E-state index contributed by atoms with van der Waals surface area (Å²) in [4.78, 5) is 20.4. The summed E-state index contributed by atoms with van der Waals surface area (Å²) in [6.45, 7) is 0.916. The first-order valence-corrected chi connectivity index (χ1v) is 11.9. The van der Waals surface area contributed by atoms with E-state index < -0.39 is 0 Å². The fourth-order valence-electron chi connectivity index (χ4n) is 3.89. The van der Waals surface area contributed by atoms with Crippen molar-refractivity contribution in [1.82, 2.24) is 25.3 Å². The molecule has 2 aromatic heterocycles. The maximum Gasteiger partial charge on any atom is 0.224 e. The Morgan fingerprint density at radius 3 is 2.29 bits per heavy atom. The van der Waals surface area contributed by atoms with Crippen LogP contribution >= 0.6 is 0 Å². The van der Waals surface area contributed by atoms with Gasteiger partial charge in [-0.05, 0) is 30.5 Å². The average molecular weight is 464 g/mol. The van der Waals surface area contributed by atoms with E-state index in [0.29, 0.717) is 11.8 Å². The molecule has 2 N–H and O–H groups in total. The second kappa shape index (κ2) is 10.8. The molecule has 7 nitrogen and oxygen atoms in total. The Hall–Kier alpha value is -4.26. The molecule has 0 saturated heterocycles. The molecule has 1 aliphatic carbocycles. The number of nitrogens with zero attached hydrogens (tertiary/aromatic N) is 5. The van der Waals surface area contributed by atoms with E-state index in [4.69, 9.17) is 9.97 Å². The molecule has 5 rings (SSSR count). The monoisotopic (exact) mass is 463 g/mol. The number of rotatable bonds is 11. The maximum absolute atomic E-state index is 4.80. The summed E-state index contributed by atoms with van der Waals surface area (Å²) in [5, 5.41) is 7.05. The number of allylic oxidation sites excluding steroid dienone is 2. The Balaban J connectivity index is 1.31. The van der Waals surface area contributed by atoms with Gasteiger partial charge in [-0.2, -0.15) is 4.98 Å². The standard InChI is InChI=1S/C28H29N7/c1-35(25-15-18-30-27(33-25)22-10-6-3-7-11-22)26-16-19-31-28(34-26)32-24(14-17-29-23-12-13-23)20-21-8-4-2-5-9-21/h2-12,15-16,18-19,24,29H,13-14,17,20H2,1H3,(H,31,32,34)/t24-/m0/s1. The minimum atomic E-state index is 0.202. The summed E-state index contributed by atoms with van der Waals surface area (Å²) in [5.74, 6) is 2.83. The van der Waals surface area contributed by atoms with Crippen LogP contribution in [0, 0.1) is 0 Å². The van der Waals surface area contributed by atoms with Gasteiger partial charge in [-0.1, -0.05) is 66.7 Å². The van der Waals surface area contributed by atoms with E-state index in [1.165, 1.54) is 11.3 Å². The van der Waals surface area contributed by atoms with Crippen molar-refractivity contribution in [2.24, 2.45) is 0 Å². The van der Waals surface area contributed by atoms with Crippen molar-refractivity contribution in [1.29, 1.82) is 0 Å². The van der Waals surface area contributed by atoms with Crippen LogP contribution in [0.2, 0.25) is 0 Å². The van der Waals surface area contributed by atoms with Crippen LogP contribution in [0.15, 0.2) is 97.0 Å². The quantitative estimate of drug-likeness (QED) is 0.324. The molecule has 0 spiro atoms. The smallest absolute Gasteiger partial charge is 0.224 e. The minimum Gasteiger partial charge on any atom is -0.388 e. The van der Waals surface area contributed by atoms with Crippen LogP contribution in [0.25, 0.3) is 11.4 Å². The SMILES string of the molecule is CN(c1ccnc(N[C@@H](CCNC2=CC2)Cc2ccccc2)n1)c1ccnc(-c2ccccc2)n1. The van der Waals surface area contributed by atoms with E-state index in [2.05, 4.69) is 50.9 Å². The van der Waals surface area contributed by atoms with E-state index in [-0.39, 0.29) is 6.04 Å². The molecule has 0 bridgehead atoms. The lowest BCUT2D eigenvalue weighted by atomic mass is 10.0. The Bertz CT molecular complexity index is 1270. The predicted molar refractivity (Wildman–Crippen MR) is 140 cm³/mol. The van der Waals surface area contributed by atoms with Crippen molar-refractivity contribution < 1.29 is 0 Å². The molecular formula is C28H29N7. The number of hydrogen-bond donors (Lipinski definition) is 2. The van der Waals surface area contributed by atoms with Crippen LogP contribution in [0.3, 0.4) is 0 Å². The summed E-state index contributed by atoms with van der Waals surface area (Å²) < 4.78 is 0. The van der Waals surface area contributed by atoms with Gasteiger partial charge in [-0.15, -0.1) is 0 Å². The van der Waals surface area contributed by atoms with Gasteiger partial charge >= 0.3 is 0 Å². The third kappa shape index (κ3) is 6.20. The highest BCUT2D eigenvalue weighted by Crippen LogP contribution is 2.23. The molecule has 0 saturated carbocycles. The lowest BCUT2D eigenvalue weighted by molar-refractivity contribution is 0.617. The van der Waals surface area contributed by atoms with E-state index >= 15 is 0 Å². The highest BCUT2D eigenvalue weighted by atomic mass is 15.3. The van der Waals surface area contributed by atoms with Crippen molar-refractivity contribution in [2.75, 3.05) is 23.8 Å². The van der Waals surface area contributed by atoms with E-state index in [1.807, 2.05) is 60.5 Å². The second-order valence-electron chi connectivity index (χ2n) is 8.58. The third-order valence-electron chi connectivity index (χ3n) is 5.91. The summed E-state index contributed by atoms with van der Waals surface area (Å²) in [6.07, 6.45) is 8.72. The van der Waals surface area contributed by atoms with Gasteiger partial charge in [0.05, 0.1) is 0 Å². The van der Waals surface area contributed by atoms with E-state index in [1.54, 1.807) is 12.4 Å². The molecular weight excluding hydrogens is 434 g/mol. The van der Waals surface area contributed by atoms with Crippen molar-refractivity contribution >= 4 is 17.6 Å². The molecule has 4 aromatic rings. The van der Waals surface area contributed by atoms with E-state index in [9.17, 15) is 0 Å². The topological polar surface area (TPSA) is 78.9 Å². The lowest BCUT2D eigenvalue weighted by Crippen LogP contribution is -2.28. The van der Waals surface area contributed by atoms with Gasteiger partial charge in [0.25, 0.3) is 0 Å². The van der Waals surface area contributed by atoms with Crippen LogP contribution in [-0.2, 0) is 6.42 Å². The molecule has 0 aliphatic heterocycles. The Morgan fingerprint density at radius 1 is 0.857 bits per heavy atom. The molecule has 2 aromatic carbocycles. The zero-order chi connectivity index (χ0) is 23.9. The molecule has 1 atom stereocenters. The average Bonchev–Trinajstić information content (AvgIpc) is 3.74. The molecule has 7 heteroatoms. The third-order valence-corrected chi connectivity index (χ3v) is 5.91. The highest BCUT2D eigenvalue weighted by Gasteiger charge is 2.15. The first-order valence-electron chi connectivity index (χ1n) is 11.9. The first kappa shape index (κ1) is 22.5. The largest absolute Gasteiger partial charge is 0.388 e. The summed E-state index contributed by atoms with van der Waals surface area (Å²) in [6, 6.07) is 24.5. The van der Waals surface area contributed by atoms with Gasteiger partial charge in [0.15, 0.2) is 5.82 Å². The molecule has 0 unspecified atom stereocenters. The van der Waals surface area contributed by atoms with E-state index in [0.717, 1.165) is 43.0 Å². The summed E-state index contributed by atoms with van der Waals surface area (Å²) in [5.41, 5.74) is 3.61. The van der Waals surface area contributed by atoms with Gasteiger partial charge in [-0.25, -0.2) is 15.0 Å². The van der Waals surface area contributed by atoms with Crippen LogP contribution < -0.4 is 15.5 Å². The maximum atomic E-state index is 4.80. The van der Waals surface area contributed by atoms with Crippen LogP contribution in [0.4, 0.5) is 17.6 Å². The van der Waals surface area contributed by atoms with Crippen LogP contribution in [0.5, 0.6) is 0 Å². The van der Waals surface area contributed by atoms with Crippen LogP contribution in [-0.4, -0.2) is 39.6 Å². The number of nitrogens with one attached hydrogen (secondary N) is 2. The zero-order valence-electron chi connectivity index (χ0n) is 19.8. The minimum absolute atomic E-state index is 0.202. The van der Waals surface area contributed by atoms with Crippen molar-refractivity contribution in [3.05, 3.63) is 103 Å². The second-order valence-corrected chi connectivity index (χ2v) is 8.58. The molecule has 1 aliphatic rings. The predicted octanol–water partition coefficient (Wildman–Crippen LogP) is 4.99. The lowest BCUT2D eigenvalue weighted by Gasteiger charge is -2.21. The molecule has 0 amide bonds. The van der Waals surface area contributed by atoms with Gasteiger partial charge in [0, 0.05) is 49.7 Å². The summed E-state index contributed by atoms with van der Waals surface area (Å²) >= 11 is 0. The Labute approximate surface area is 206 Å². The van der Waals surface area contributed by atoms with Crippen molar-refractivity contribution in [3.8, 4) is 11.4 Å². The number of hydrogen-bond acceptors (Lipinski definition) is 7. The zero-order valence-corrected chi connectivity index (χ0v) is 19.8. The molecule has 0 fully saturated rings. The van der Waals surface area contributed by atoms with Crippen LogP contribution in [0.1, 0.15) is 18.4 Å². The fraction of sp³-hybridized carbons (Fsp3) is 0.214. The molecule has 0 radical (unpaired) electrons. The van der Waals surface area contributed by atoms with Crippen molar-refractivity contribution in [3.63, 3.8) is 0 Å². The Kier molecular flexibility index (Phi) is 6.94. The number of benzene rings is 2. The Morgan fingerprint density at radius 2 is 1.54 bits per heavy atom. The van der Waals surface area contributed by atoms with Gasteiger partial charge in [-0.3, -0.25) is 0 Å².